The molecule has 1 aliphatic heterocycles. The Bertz CT molecular complexity index is 288. The zero-order chi connectivity index (χ0) is 12.9. The molecule has 0 aromatic rings. The first kappa shape index (κ1) is 14.2. The molecule has 3 heteroatoms. The van der Waals surface area contributed by atoms with Gasteiger partial charge in [-0.05, 0) is 18.3 Å². The minimum absolute atomic E-state index is 0.0158. The number of carbonyl (C=O) groups is 2. The van der Waals surface area contributed by atoms with Gasteiger partial charge in [0.1, 0.15) is 0 Å². The van der Waals surface area contributed by atoms with Gasteiger partial charge in [0, 0.05) is 12.3 Å². The number of rotatable bonds is 6. The summed E-state index contributed by atoms with van der Waals surface area (Å²) in [5.41, 5.74) is -0.120. The topological polar surface area (TPSA) is 46.2 Å². The summed E-state index contributed by atoms with van der Waals surface area (Å²) in [5.74, 6) is -0.134. The van der Waals surface area contributed by atoms with Gasteiger partial charge in [-0.25, -0.2) is 0 Å². The van der Waals surface area contributed by atoms with Crippen molar-refractivity contribution < 1.29 is 9.59 Å². The maximum atomic E-state index is 11.9. The van der Waals surface area contributed by atoms with Crippen LogP contribution < -0.4 is 5.32 Å². The van der Waals surface area contributed by atoms with Crippen LogP contribution in [0.1, 0.15) is 65.7 Å². The van der Waals surface area contributed by atoms with Crippen LogP contribution in [0.5, 0.6) is 0 Å². The molecule has 17 heavy (non-hydrogen) atoms. The molecule has 2 unspecified atom stereocenters. The molecule has 1 N–H and O–H groups in total. The first-order valence-corrected chi connectivity index (χ1v) is 6.87. The van der Waals surface area contributed by atoms with E-state index in [4.69, 9.17) is 0 Å². The lowest BCUT2D eigenvalue weighted by Gasteiger charge is -2.40. The number of unbranched alkanes of at least 4 members (excludes halogenated alkanes) is 2. The van der Waals surface area contributed by atoms with Crippen LogP contribution in [0.15, 0.2) is 0 Å². The van der Waals surface area contributed by atoms with Crippen LogP contribution >= 0.6 is 0 Å². The minimum atomic E-state index is -0.120. The van der Waals surface area contributed by atoms with Crippen LogP contribution in [0, 0.1) is 11.3 Å². The molecule has 1 saturated heterocycles. The molecule has 2 atom stereocenters. The summed E-state index contributed by atoms with van der Waals surface area (Å²) < 4.78 is 0. The second kappa shape index (κ2) is 6.18. The van der Waals surface area contributed by atoms with Crippen LogP contribution in [-0.4, -0.2) is 11.8 Å². The second-order valence-electron chi connectivity index (χ2n) is 5.54. The number of imide groups is 1. The lowest BCUT2D eigenvalue weighted by atomic mass is 9.67. The Morgan fingerprint density at radius 3 is 2.53 bits per heavy atom. The Hall–Kier alpha value is -0.860. The minimum Gasteiger partial charge on any atom is -0.296 e. The van der Waals surface area contributed by atoms with Crippen LogP contribution in [0.4, 0.5) is 0 Å². The third-order valence-corrected chi connectivity index (χ3v) is 3.91. The maximum Gasteiger partial charge on any atom is 0.230 e. The molecular weight excluding hydrogens is 214 g/mol. The number of hydrogen-bond acceptors (Lipinski definition) is 2. The number of carbonyl (C=O) groups excluding carboxylic acids is 2. The van der Waals surface area contributed by atoms with E-state index in [9.17, 15) is 9.59 Å². The molecule has 98 valence electrons. The molecule has 0 radical (unpaired) electrons. The largest absolute Gasteiger partial charge is 0.296 e. The second-order valence-corrected chi connectivity index (χ2v) is 5.54. The van der Waals surface area contributed by atoms with Gasteiger partial charge in [0.15, 0.2) is 0 Å². The van der Waals surface area contributed by atoms with E-state index in [1.807, 2.05) is 0 Å². The molecule has 0 aliphatic carbocycles. The number of hydrogen-bond donors (Lipinski definition) is 1. The quantitative estimate of drug-likeness (QED) is 0.572. The van der Waals surface area contributed by atoms with E-state index in [0.717, 1.165) is 25.7 Å². The summed E-state index contributed by atoms with van der Waals surface area (Å²) in [6.07, 6.45) is 6.86. The Morgan fingerprint density at radius 1 is 1.24 bits per heavy atom. The van der Waals surface area contributed by atoms with Crippen molar-refractivity contribution in [2.75, 3.05) is 0 Å². The average Bonchev–Trinajstić information content (AvgIpc) is 2.24. The lowest BCUT2D eigenvalue weighted by molar-refractivity contribution is -0.143. The Labute approximate surface area is 104 Å². The molecule has 2 amide bonds. The fourth-order valence-corrected chi connectivity index (χ4v) is 2.88. The van der Waals surface area contributed by atoms with Gasteiger partial charge in [0.05, 0.1) is 0 Å². The number of nitrogens with one attached hydrogen (secondary N) is 1. The fourth-order valence-electron chi connectivity index (χ4n) is 2.88. The number of amides is 2. The molecule has 3 nitrogen and oxygen atoms in total. The normalized spacial score (nSPS) is 29.2. The van der Waals surface area contributed by atoms with Crippen molar-refractivity contribution in [3.8, 4) is 0 Å². The van der Waals surface area contributed by atoms with Crippen molar-refractivity contribution in [1.29, 1.82) is 0 Å². The standard InChI is InChI=1S/C14H25NO2/c1-4-6-7-9-14(3)10-12(16)15-13(17)11(14)8-5-2/h11H,4-10H2,1-3H3,(H,15,16,17). The van der Waals surface area contributed by atoms with E-state index in [1.165, 1.54) is 12.8 Å². The lowest BCUT2D eigenvalue weighted by Crippen LogP contribution is -2.50. The summed E-state index contributed by atoms with van der Waals surface area (Å²) in [5, 5.41) is 2.48. The average molecular weight is 239 g/mol. The molecule has 0 saturated carbocycles. The first-order valence-electron chi connectivity index (χ1n) is 6.87. The highest BCUT2D eigenvalue weighted by Gasteiger charge is 2.43. The van der Waals surface area contributed by atoms with Crippen molar-refractivity contribution in [2.24, 2.45) is 11.3 Å². The summed E-state index contributed by atoms with van der Waals surface area (Å²) >= 11 is 0. The molecule has 0 aromatic heterocycles. The Balaban J connectivity index is 2.73. The predicted octanol–water partition coefficient (Wildman–Crippen LogP) is 3.04. The molecule has 1 heterocycles. The van der Waals surface area contributed by atoms with Gasteiger partial charge in [0.2, 0.25) is 11.8 Å². The molecular formula is C14H25NO2. The molecule has 1 fully saturated rings. The van der Waals surface area contributed by atoms with Crippen LogP contribution in [0.2, 0.25) is 0 Å². The fraction of sp³-hybridized carbons (Fsp3) is 0.857. The van der Waals surface area contributed by atoms with Crippen molar-refractivity contribution >= 4 is 11.8 Å². The molecule has 1 rings (SSSR count). The summed E-state index contributed by atoms with van der Waals surface area (Å²) in [7, 11) is 0. The van der Waals surface area contributed by atoms with Crippen LogP contribution in [0.25, 0.3) is 0 Å². The third-order valence-electron chi connectivity index (χ3n) is 3.91. The van der Waals surface area contributed by atoms with Gasteiger partial charge < -0.3 is 0 Å². The van der Waals surface area contributed by atoms with E-state index in [2.05, 4.69) is 26.1 Å². The molecule has 0 spiro atoms. The van der Waals surface area contributed by atoms with Gasteiger partial charge in [-0.3, -0.25) is 14.9 Å². The maximum absolute atomic E-state index is 11.9. The zero-order valence-electron chi connectivity index (χ0n) is 11.3. The highest BCUT2D eigenvalue weighted by molar-refractivity contribution is 5.99. The third kappa shape index (κ3) is 3.55. The van der Waals surface area contributed by atoms with Crippen LogP contribution in [-0.2, 0) is 9.59 Å². The van der Waals surface area contributed by atoms with Crippen molar-refractivity contribution in [3.05, 3.63) is 0 Å². The van der Waals surface area contributed by atoms with Gasteiger partial charge in [0.25, 0.3) is 0 Å². The first-order chi connectivity index (χ1) is 8.03. The van der Waals surface area contributed by atoms with Gasteiger partial charge in [-0.15, -0.1) is 0 Å². The summed E-state index contributed by atoms with van der Waals surface area (Å²) in [6.45, 7) is 6.38. The SMILES string of the molecule is CCCCCC1(C)CC(=O)NC(=O)C1CCC. The predicted molar refractivity (Wildman–Crippen MR) is 68.4 cm³/mol. The van der Waals surface area contributed by atoms with E-state index < -0.39 is 0 Å². The smallest absolute Gasteiger partial charge is 0.230 e. The van der Waals surface area contributed by atoms with Gasteiger partial charge in [-0.1, -0.05) is 46.5 Å². The van der Waals surface area contributed by atoms with Gasteiger partial charge in [-0.2, -0.15) is 0 Å². The monoisotopic (exact) mass is 239 g/mol. The summed E-state index contributed by atoms with van der Waals surface area (Å²) in [4.78, 5) is 23.5. The summed E-state index contributed by atoms with van der Waals surface area (Å²) in [6, 6.07) is 0. The van der Waals surface area contributed by atoms with E-state index >= 15 is 0 Å². The van der Waals surface area contributed by atoms with E-state index in [0.29, 0.717) is 6.42 Å². The van der Waals surface area contributed by atoms with E-state index in [1.54, 1.807) is 0 Å². The highest BCUT2D eigenvalue weighted by Crippen LogP contribution is 2.41. The molecule has 0 bridgehead atoms. The Kier molecular flexibility index (Phi) is 5.16. The zero-order valence-corrected chi connectivity index (χ0v) is 11.3. The van der Waals surface area contributed by atoms with E-state index in [-0.39, 0.29) is 23.1 Å². The van der Waals surface area contributed by atoms with Crippen molar-refractivity contribution in [1.82, 2.24) is 5.32 Å². The van der Waals surface area contributed by atoms with Crippen molar-refractivity contribution in [3.63, 3.8) is 0 Å². The Morgan fingerprint density at radius 2 is 1.94 bits per heavy atom. The number of piperidine rings is 1. The molecule has 1 aliphatic rings. The van der Waals surface area contributed by atoms with Gasteiger partial charge >= 0.3 is 0 Å². The highest BCUT2D eigenvalue weighted by atomic mass is 16.2. The van der Waals surface area contributed by atoms with Crippen molar-refractivity contribution in [2.45, 2.75) is 65.7 Å². The van der Waals surface area contributed by atoms with Crippen LogP contribution in [0.3, 0.4) is 0 Å². The molecule has 0 aromatic carbocycles.